The Balaban J connectivity index is 2.19. The zero-order valence-electron chi connectivity index (χ0n) is 11.6. The largest absolute Gasteiger partial charge is 0.481 e. The van der Waals surface area contributed by atoms with Gasteiger partial charge in [-0.1, -0.05) is 6.07 Å². The highest BCUT2D eigenvalue weighted by atomic mass is 19.4. The van der Waals surface area contributed by atoms with Gasteiger partial charge in [-0.2, -0.15) is 13.2 Å². The Morgan fingerprint density at radius 2 is 2.10 bits per heavy atom. The molecule has 3 nitrogen and oxygen atoms in total. The second kappa shape index (κ2) is 6.37. The van der Waals surface area contributed by atoms with E-state index in [1.807, 2.05) is 4.90 Å². The van der Waals surface area contributed by atoms with Crippen molar-refractivity contribution in [3.63, 3.8) is 0 Å². The van der Waals surface area contributed by atoms with Gasteiger partial charge < -0.3 is 10.0 Å². The van der Waals surface area contributed by atoms with Crippen molar-refractivity contribution in [2.24, 2.45) is 0 Å². The third-order valence-corrected chi connectivity index (χ3v) is 3.82. The van der Waals surface area contributed by atoms with Gasteiger partial charge in [0.05, 0.1) is 5.56 Å². The molecule has 1 atom stereocenters. The fraction of sp³-hybridized carbons (Fsp3) is 0.533. The SMILES string of the molecule is O=C(O)CCC1CCCCN1c1cccc(C(F)(F)F)c1. The molecule has 1 aromatic rings. The van der Waals surface area contributed by atoms with Crippen LogP contribution in [0.25, 0.3) is 0 Å². The van der Waals surface area contributed by atoms with E-state index in [1.54, 1.807) is 6.07 Å². The van der Waals surface area contributed by atoms with Crippen LogP contribution < -0.4 is 4.90 Å². The number of carboxylic acids is 1. The van der Waals surface area contributed by atoms with Crippen LogP contribution in [0, 0.1) is 0 Å². The molecule has 0 radical (unpaired) electrons. The average molecular weight is 301 g/mol. The number of carbonyl (C=O) groups is 1. The first-order chi connectivity index (χ1) is 9.88. The molecule has 0 bridgehead atoms. The number of aliphatic carboxylic acids is 1. The van der Waals surface area contributed by atoms with Crippen molar-refractivity contribution < 1.29 is 23.1 Å². The summed E-state index contributed by atoms with van der Waals surface area (Å²) in [6.45, 7) is 0.672. The smallest absolute Gasteiger partial charge is 0.416 e. The second-order valence-corrected chi connectivity index (χ2v) is 5.32. The Morgan fingerprint density at radius 1 is 1.33 bits per heavy atom. The molecule has 1 aliphatic rings. The number of hydrogen-bond donors (Lipinski definition) is 1. The molecule has 0 saturated carbocycles. The number of piperidine rings is 1. The number of nitrogens with zero attached hydrogens (tertiary/aromatic N) is 1. The number of benzene rings is 1. The maximum Gasteiger partial charge on any atom is 0.416 e. The Morgan fingerprint density at radius 3 is 2.76 bits per heavy atom. The number of anilines is 1. The lowest BCUT2D eigenvalue weighted by molar-refractivity contribution is -0.138. The number of alkyl halides is 3. The van der Waals surface area contributed by atoms with E-state index in [9.17, 15) is 18.0 Å². The zero-order chi connectivity index (χ0) is 15.5. The molecule has 116 valence electrons. The minimum Gasteiger partial charge on any atom is -0.481 e. The van der Waals surface area contributed by atoms with Gasteiger partial charge in [0.2, 0.25) is 0 Å². The quantitative estimate of drug-likeness (QED) is 0.916. The third-order valence-electron chi connectivity index (χ3n) is 3.82. The molecule has 2 rings (SSSR count). The molecule has 0 aliphatic carbocycles. The molecule has 1 saturated heterocycles. The topological polar surface area (TPSA) is 40.5 Å². The summed E-state index contributed by atoms with van der Waals surface area (Å²) in [5.41, 5.74) is -0.137. The Bertz CT molecular complexity index is 502. The molecule has 1 heterocycles. The van der Waals surface area contributed by atoms with Gasteiger partial charge in [-0.05, 0) is 43.9 Å². The van der Waals surface area contributed by atoms with E-state index in [-0.39, 0.29) is 12.5 Å². The van der Waals surface area contributed by atoms with E-state index in [0.29, 0.717) is 18.7 Å². The van der Waals surface area contributed by atoms with Gasteiger partial charge >= 0.3 is 12.1 Å². The van der Waals surface area contributed by atoms with Crippen LogP contribution in [-0.2, 0) is 11.0 Å². The van der Waals surface area contributed by atoms with E-state index < -0.39 is 17.7 Å². The summed E-state index contributed by atoms with van der Waals surface area (Å²) < 4.78 is 38.4. The molecule has 1 aromatic carbocycles. The molecule has 1 unspecified atom stereocenters. The van der Waals surface area contributed by atoms with Crippen molar-refractivity contribution >= 4 is 11.7 Å². The molecule has 1 N–H and O–H groups in total. The number of halogens is 3. The van der Waals surface area contributed by atoms with Crippen LogP contribution in [0.15, 0.2) is 24.3 Å². The first kappa shape index (κ1) is 15.7. The summed E-state index contributed by atoms with van der Waals surface area (Å²) in [4.78, 5) is 12.6. The normalized spacial score (nSPS) is 19.6. The fourth-order valence-electron chi connectivity index (χ4n) is 2.79. The Labute approximate surface area is 121 Å². The van der Waals surface area contributed by atoms with Crippen molar-refractivity contribution in [3.05, 3.63) is 29.8 Å². The highest BCUT2D eigenvalue weighted by molar-refractivity contribution is 5.66. The zero-order valence-corrected chi connectivity index (χ0v) is 11.6. The van der Waals surface area contributed by atoms with E-state index in [0.717, 1.165) is 31.4 Å². The molecule has 21 heavy (non-hydrogen) atoms. The molecule has 1 fully saturated rings. The average Bonchev–Trinajstić information content (AvgIpc) is 2.44. The van der Waals surface area contributed by atoms with Crippen LogP contribution in [0.4, 0.5) is 18.9 Å². The van der Waals surface area contributed by atoms with Crippen LogP contribution in [-0.4, -0.2) is 23.7 Å². The lowest BCUT2D eigenvalue weighted by atomic mass is 9.97. The van der Waals surface area contributed by atoms with Crippen LogP contribution in [0.2, 0.25) is 0 Å². The van der Waals surface area contributed by atoms with Gasteiger partial charge in [0.15, 0.2) is 0 Å². The number of carboxylic acid groups (broad SMARTS) is 1. The van der Waals surface area contributed by atoms with Crippen LogP contribution in [0.3, 0.4) is 0 Å². The first-order valence-electron chi connectivity index (χ1n) is 7.03. The molecule has 0 spiro atoms. The van der Waals surface area contributed by atoms with Gasteiger partial charge in [-0.25, -0.2) is 0 Å². The summed E-state index contributed by atoms with van der Waals surface area (Å²) in [7, 11) is 0. The minimum absolute atomic E-state index is 0.00154. The highest BCUT2D eigenvalue weighted by Gasteiger charge is 2.31. The van der Waals surface area contributed by atoms with Crippen LogP contribution in [0.1, 0.15) is 37.7 Å². The molecular formula is C15H18F3NO2. The van der Waals surface area contributed by atoms with Gasteiger partial charge in [-0.15, -0.1) is 0 Å². The fourth-order valence-corrected chi connectivity index (χ4v) is 2.79. The van der Waals surface area contributed by atoms with Crippen molar-refractivity contribution in [2.75, 3.05) is 11.4 Å². The summed E-state index contributed by atoms with van der Waals surface area (Å²) >= 11 is 0. The van der Waals surface area contributed by atoms with Gasteiger partial charge in [0, 0.05) is 24.7 Å². The van der Waals surface area contributed by atoms with Crippen molar-refractivity contribution in [3.8, 4) is 0 Å². The third kappa shape index (κ3) is 4.12. The summed E-state index contributed by atoms with van der Waals surface area (Å²) in [6.07, 6.45) is -1.13. The predicted octanol–water partition coefficient (Wildman–Crippen LogP) is 3.93. The molecular weight excluding hydrogens is 283 g/mol. The number of hydrogen-bond acceptors (Lipinski definition) is 2. The standard InChI is InChI=1S/C15H18F3NO2/c16-15(17,18)11-4-3-6-13(10-11)19-9-2-1-5-12(19)7-8-14(20)21/h3-4,6,10,12H,1-2,5,7-9H2,(H,20,21). The number of rotatable bonds is 4. The maximum absolute atomic E-state index is 12.8. The lowest BCUT2D eigenvalue weighted by Gasteiger charge is -2.37. The van der Waals surface area contributed by atoms with Crippen molar-refractivity contribution in [2.45, 2.75) is 44.3 Å². The monoisotopic (exact) mass is 301 g/mol. The van der Waals surface area contributed by atoms with E-state index in [2.05, 4.69) is 0 Å². The van der Waals surface area contributed by atoms with Crippen molar-refractivity contribution in [1.82, 2.24) is 0 Å². The van der Waals surface area contributed by atoms with E-state index in [1.165, 1.54) is 6.07 Å². The Kier molecular flexibility index (Phi) is 4.75. The summed E-state index contributed by atoms with van der Waals surface area (Å²) in [5, 5.41) is 8.78. The highest BCUT2D eigenvalue weighted by Crippen LogP contribution is 2.34. The molecule has 1 aliphatic heterocycles. The van der Waals surface area contributed by atoms with Crippen LogP contribution in [0.5, 0.6) is 0 Å². The molecule has 6 heteroatoms. The predicted molar refractivity (Wildman–Crippen MR) is 73.3 cm³/mol. The summed E-state index contributed by atoms with van der Waals surface area (Å²) in [6, 6.07) is 5.27. The van der Waals surface area contributed by atoms with Gasteiger partial charge in [0.25, 0.3) is 0 Å². The van der Waals surface area contributed by atoms with E-state index >= 15 is 0 Å². The van der Waals surface area contributed by atoms with Crippen LogP contribution >= 0.6 is 0 Å². The minimum atomic E-state index is -4.36. The maximum atomic E-state index is 12.8. The van der Waals surface area contributed by atoms with Gasteiger partial charge in [0.1, 0.15) is 0 Å². The molecule has 0 amide bonds. The van der Waals surface area contributed by atoms with Crippen molar-refractivity contribution in [1.29, 1.82) is 0 Å². The van der Waals surface area contributed by atoms with Gasteiger partial charge in [-0.3, -0.25) is 4.79 Å². The summed E-state index contributed by atoms with van der Waals surface area (Å²) in [5.74, 6) is -0.871. The Hall–Kier alpha value is -1.72. The van der Waals surface area contributed by atoms with E-state index in [4.69, 9.17) is 5.11 Å². The molecule has 0 aromatic heterocycles. The first-order valence-corrected chi connectivity index (χ1v) is 7.03. The second-order valence-electron chi connectivity index (χ2n) is 5.32. The lowest BCUT2D eigenvalue weighted by Crippen LogP contribution is -2.40.